The lowest BCUT2D eigenvalue weighted by molar-refractivity contribution is -0.389. The van der Waals surface area contributed by atoms with Gasteiger partial charge in [-0.05, 0) is 36.1 Å². The molecule has 168 valence electrons. The van der Waals surface area contributed by atoms with Crippen LogP contribution in [0.2, 0.25) is 5.02 Å². The van der Waals surface area contributed by atoms with E-state index in [1.807, 2.05) is 0 Å². The van der Waals surface area contributed by atoms with Crippen LogP contribution in [0.15, 0.2) is 34.9 Å². The Hall–Kier alpha value is -4.00. The molecule has 0 bridgehead atoms. The zero-order valence-electron chi connectivity index (χ0n) is 16.8. The molecule has 0 aliphatic heterocycles. The molecule has 0 spiro atoms. The van der Waals surface area contributed by atoms with Gasteiger partial charge < -0.3 is 30.0 Å². The second kappa shape index (κ2) is 10.3. The fourth-order valence-electron chi connectivity index (χ4n) is 2.47. The topological polar surface area (TPSA) is 167 Å². The van der Waals surface area contributed by atoms with Gasteiger partial charge in [-0.15, -0.1) is 0 Å². The maximum absolute atomic E-state index is 12.1. The molecule has 0 fully saturated rings. The maximum Gasteiger partial charge on any atom is 0.390 e. The van der Waals surface area contributed by atoms with Crippen LogP contribution in [0, 0.1) is 17.0 Å². The fourth-order valence-corrected chi connectivity index (χ4v) is 2.60. The number of nitro groups is 1. The van der Waals surface area contributed by atoms with Crippen LogP contribution < -0.4 is 15.4 Å². The summed E-state index contributed by atoms with van der Waals surface area (Å²) >= 11 is 5.77. The Morgan fingerprint density at radius 3 is 2.66 bits per heavy atom. The molecule has 1 aromatic carbocycles. The van der Waals surface area contributed by atoms with Crippen molar-refractivity contribution in [1.29, 1.82) is 0 Å². The number of carbonyl (C=O) groups excluding carboxylic acids is 2. The van der Waals surface area contributed by atoms with Crippen molar-refractivity contribution in [2.75, 3.05) is 19.7 Å². The monoisotopic (exact) mass is 463 g/mol. The summed E-state index contributed by atoms with van der Waals surface area (Å²) in [6, 6.07) is 7.88. The first kappa shape index (κ1) is 22.7. The molecule has 0 saturated carbocycles. The summed E-state index contributed by atoms with van der Waals surface area (Å²) in [6.07, 6.45) is 0. The van der Waals surface area contributed by atoms with Crippen molar-refractivity contribution in [2.24, 2.45) is 0 Å². The molecule has 0 aliphatic rings. The minimum atomic E-state index is -0.626. The van der Waals surface area contributed by atoms with E-state index < -0.39 is 10.8 Å². The lowest BCUT2D eigenvalue weighted by Crippen LogP contribution is -2.36. The number of nitrogens with zero attached hydrogens (tertiary/aromatic N) is 5. The van der Waals surface area contributed by atoms with Gasteiger partial charge in [0.05, 0.1) is 16.9 Å². The van der Waals surface area contributed by atoms with E-state index in [9.17, 15) is 19.7 Å². The van der Waals surface area contributed by atoms with Gasteiger partial charge >= 0.3 is 17.6 Å². The largest absolute Gasteiger partial charge is 0.484 e. The molecular weight excluding hydrogens is 446 g/mol. The number of aryl methyl sites for hydroxylation is 1. The summed E-state index contributed by atoms with van der Waals surface area (Å²) in [5.41, 5.74) is 0.531. The van der Waals surface area contributed by atoms with E-state index in [0.29, 0.717) is 16.5 Å². The van der Waals surface area contributed by atoms with E-state index in [4.69, 9.17) is 20.9 Å². The number of hydrogen-bond acceptors (Lipinski definition) is 9. The first-order chi connectivity index (χ1) is 15.3. The number of carbonyl (C=O) groups is 2. The number of amides is 2. The zero-order valence-corrected chi connectivity index (χ0v) is 17.5. The third-order valence-corrected chi connectivity index (χ3v) is 4.28. The van der Waals surface area contributed by atoms with Crippen LogP contribution in [-0.2, 0) is 11.3 Å². The van der Waals surface area contributed by atoms with Crippen molar-refractivity contribution in [3.63, 3.8) is 0 Å². The van der Waals surface area contributed by atoms with E-state index in [1.165, 1.54) is 10.7 Å². The van der Waals surface area contributed by atoms with Crippen molar-refractivity contribution in [3.05, 3.63) is 62.9 Å². The molecule has 3 rings (SSSR count). The number of aromatic nitrogens is 4. The lowest BCUT2D eigenvalue weighted by atomic mass is 10.3. The zero-order chi connectivity index (χ0) is 23.1. The molecule has 2 aromatic heterocycles. The molecular formula is C18H18ClN7O6. The van der Waals surface area contributed by atoms with Gasteiger partial charge in [-0.1, -0.05) is 16.8 Å². The van der Waals surface area contributed by atoms with Gasteiger partial charge in [-0.25, -0.2) is 0 Å². The Bertz CT molecular complexity index is 1110. The molecule has 13 nitrogen and oxygen atoms in total. The van der Waals surface area contributed by atoms with E-state index >= 15 is 0 Å². The number of rotatable bonds is 10. The van der Waals surface area contributed by atoms with Gasteiger partial charge in [-0.2, -0.15) is 9.67 Å². The summed E-state index contributed by atoms with van der Waals surface area (Å²) in [5, 5.41) is 23.9. The van der Waals surface area contributed by atoms with Crippen LogP contribution in [-0.4, -0.2) is 56.4 Å². The van der Waals surface area contributed by atoms with Crippen LogP contribution in [0.25, 0.3) is 0 Å². The highest BCUT2D eigenvalue weighted by molar-refractivity contribution is 6.30. The van der Waals surface area contributed by atoms with Crippen molar-refractivity contribution in [2.45, 2.75) is 13.5 Å². The van der Waals surface area contributed by atoms with Gasteiger partial charge in [0, 0.05) is 18.1 Å². The summed E-state index contributed by atoms with van der Waals surface area (Å²) in [7, 11) is 0. The molecule has 0 unspecified atom stereocenters. The summed E-state index contributed by atoms with van der Waals surface area (Å²) in [6.45, 7) is 1.73. The third-order valence-electron chi connectivity index (χ3n) is 4.03. The molecule has 0 saturated heterocycles. The molecule has 0 aliphatic carbocycles. The molecule has 0 radical (unpaired) electrons. The van der Waals surface area contributed by atoms with Crippen molar-refractivity contribution < 1.29 is 23.8 Å². The Balaban J connectivity index is 1.39. The maximum atomic E-state index is 12.1. The summed E-state index contributed by atoms with van der Waals surface area (Å²) in [5.74, 6) is -0.938. The third kappa shape index (κ3) is 6.25. The Kier molecular flexibility index (Phi) is 7.33. The highest BCUT2D eigenvalue weighted by atomic mass is 35.5. The van der Waals surface area contributed by atoms with Gasteiger partial charge in [-0.3, -0.25) is 9.59 Å². The smallest absolute Gasteiger partial charge is 0.390 e. The minimum absolute atomic E-state index is 0.000129. The Morgan fingerprint density at radius 2 is 1.97 bits per heavy atom. The summed E-state index contributed by atoms with van der Waals surface area (Å²) < 4.78 is 11.5. The molecule has 14 heteroatoms. The molecule has 32 heavy (non-hydrogen) atoms. The quantitative estimate of drug-likeness (QED) is 0.254. The lowest BCUT2D eigenvalue weighted by Gasteiger charge is -2.07. The van der Waals surface area contributed by atoms with Crippen molar-refractivity contribution >= 4 is 29.2 Å². The standard InChI is InChI=1S/C18H18ClN7O6/c1-11-8-15(26(29)30)23-25(11)9-14-22-18(32-24-14)17(28)21-7-6-20-16(27)10-31-13-4-2-12(19)3-5-13/h2-5,8H,6-7,9-10H2,1H3,(H,20,27)(H,21,28). The van der Waals surface area contributed by atoms with E-state index in [1.54, 1.807) is 31.2 Å². The van der Waals surface area contributed by atoms with E-state index in [0.717, 1.165) is 0 Å². The van der Waals surface area contributed by atoms with Crippen LogP contribution in [0.5, 0.6) is 5.75 Å². The van der Waals surface area contributed by atoms with Crippen LogP contribution in [0.1, 0.15) is 22.2 Å². The van der Waals surface area contributed by atoms with Gasteiger partial charge in [0.25, 0.3) is 5.91 Å². The molecule has 2 N–H and O–H groups in total. The van der Waals surface area contributed by atoms with Gasteiger partial charge in [0.2, 0.25) is 0 Å². The SMILES string of the molecule is Cc1cc([N+](=O)[O-])nn1Cc1noc(C(=O)NCCNC(=O)COc2ccc(Cl)cc2)n1. The highest BCUT2D eigenvalue weighted by Gasteiger charge is 2.19. The fraction of sp³-hybridized carbons (Fsp3) is 0.278. The summed E-state index contributed by atoms with van der Waals surface area (Å²) in [4.78, 5) is 38.0. The molecule has 2 amide bonds. The molecule has 3 aromatic rings. The number of hydrogen-bond donors (Lipinski definition) is 2. The van der Waals surface area contributed by atoms with Crippen molar-refractivity contribution in [3.8, 4) is 5.75 Å². The molecule has 0 atom stereocenters. The van der Waals surface area contributed by atoms with Gasteiger partial charge in [0.15, 0.2) is 12.4 Å². The van der Waals surface area contributed by atoms with E-state index in [2.05, 4.69) is 25.9 Å². The molecule has 2 heterocycles. The first-order valence-electron chi connectivity index (χ1n) is 9.26. The van der Waals surface area contributed by atoms with Crippen LogP contribution in [0.3, 0.4) is 0 Å². The number of ether oxygens (including phenoxy) is 1. The Labute approximate surface area is 185 Å². The number of nitrogens with one attached hydrogen (secondary N) is 2. The second-order valence-corrected chi connectivity index (χ2v) is 6.86. The number of halogens is 1. The minimum Gasteiger partial charge on any atom is -0.484 e. The van der Waals surface area contributed by atoms with Crippen molar-refractivity contribution in [1.82, 2.24) is 30.6 Å². The normalized spacial score (nSPS) is 10.6. The predicted molar refractivity (Wildman–Crippen MR) is 109 cm³/mol. The highest BCUT2D eigenvalue weighted by Crippen LogP contribution is 2.15. The van der Waals surface area contributed by atoms with E-state index in [-0.39, 0.29) is 49.7 Å². The average Bonchev–Trinajstić information content (AvgIpc) is 3.38. The Morgan fingerprint density at radius 1 is 1.25 bits per heavy atom. The van der Waals surface area contributed by atoms with Crippen LogP contribution in [0.4, 0.5) is 5.82 Å². The van der Waals surface area contributed by atoms with Gasteiger partial charge in [0.1, 0.15) is 12.3 Å². The first-order valence-corrected chi connectivity index (χ1v) is 9.64. The van der Waals surface area contributed by atoms with Crippen LogP contribution >= 0.6 is 11.6 Å². The number of benzene rings is 1. The predicted octanol–water partition coefficient (Wildman–Crippen LogP) is 1.11. The average molecular weight is 464 g/mol. The second-order valence-electron chi connectivity index (χ2n) is 6.42.